The van der Waals surface area contributed by atoms with Gasteiger partial charge >= 0.3 is 11.6 Å². The third-order valence-electron chi connectivity index (χ3n) is 4.46. The van der Waals surface area contributed by atoms with Gasteiger partial charge in [-0.05, 0) is 36.8 Å². The molecule has 3 aromatic carbocycles. The number of aromatic hydroxyl groups is 1. The van der Waals surface area contributed by atoms with Gasteiger partial charge < -0.3 is 19.0 Å². The highest BCUT2D eigenvalue weighted by molar-refractivity contribution is 6.18. The highest BCUT2D eigenvalue weighted by atomic mass is 16.5. The maximum absolute atomic E-state index is 12.6. The zero-order valence-electron chi connectivity index (χ0n) is 15.0. The van der Waals surface area contributed by atoms with E-state index in [4.69, 9.17) is 13.9 Å². The van der Waals surface area contributed by atoms with Crippen LogP contribution in [0.3, 0.4) is 0 Å². The van der Waals surface area contributed by atoms with Crippen LogP contribution in [0.15, 0.2) is 45.6 Å². The Bertz CT molecular complexity index is 1300. The third kappa shape index (κ3) is 2.57. The second-order valence-corrected chi connectivity index (χ2v) is 6.32. The summed E-state index contributed by atoms with van der Waals surface area (Å²) in [6.07, 6.45) is 0. The fourth-order valence-corrected chi connectivity index (χ4v) is 3.44. The van der Waals surface area contributed by atoms with E-state index in [2.05, 4.69) is 0 Å². The van der Waals surface area contributed by atoms with Crippen LogP contribution in [0.5, 0.6) is 17.2 Å². The zero-order valence-corrected chi connectivity index (χ0v) is 15.0. The fourth-order valence-electron chi connectivity index (χ4n) is 3.44. The second kappa shape index (κ2) is 6.02. The predicted octanol–water partition coefficient (Wildman–Crippen LogP) is 4.05. The number of phenols is 1. The van der Waals surface area contributed by atoms with Crippen molar-refractivity contribution in [1.29, 1.82) is 0 Å². The van der Waals surface area contributed by atoms with Gasteiger partial charge in [-0.3, -0.25) is 4.79 Å². The summed E-state index contributed by atoms with van der Waals surface area (Å²) in [6.45, 7) is 3.13. The van der Waals surface area contributed by atoms with Gasteiger partial charge in [0, 0.05) is 23.1 Å². The van der Waals surface area contributed by atoms with E-state index in [0.29, 0.717) is 32.7 Å². The van der Waals surface area contributed by atoms with Crippen molar-refractivity contribution < 1.29 is 23.8 Å². The van der Waals surface area contributed by atoms with E-state index >= 15 is 0 Å². The molecule has 0 aliphatic carbocycles. The molecule has 4 rings (SSSR count). The molecule has 4 aromatic rings. The van der Waals surface area contributed by atoms with E-state index in [1.807, 2.05) is 13.0 Å². The maximum atomic E-state index is 12.6. The number of benzene rings is 3. The molecule has 0 bridgehead atoms. The lowest BCUT2D eigenvalue weighted by Crippen LogP contribution is -2.03. The van der Waals surface area contributed by atoms with Crippen molar-refractivity contribution in [1.82, 2.24) is 0 Å². The highest BCUT2D eigenvalue weighted by Gasteiger charge is 2.19. The lowest BCUT2D eigenvalue weighted by atomic mass is 9.99. The molecule has 0 fully saturated rings. The van der Waals surface area contributed by atoms with Crippen LogP contribution in [0, 0.1) is 6.92 Å². The minimum Gasteiger partial charge on any atom is -0.507 e. The number of aryl methyl sites for hydroxylation is 1. The quantitative estimate of drug-likeness (QED) is 0.250. The van der Waals surface area contributed by atoms with Crippen LogP contribution in [0.4, 0.5) is 0 Å². The number of esters is 1. The molecule has 0 amide bonds. The number of methoxy groups -OCH3 is 1. The molecule has 0 unspecified atom stereocenters. The summed E-state index contributed by atoms with van der Waals surface area (Å²) >= 11 is 0. The third-order valence-corrected chi connectivity index (χ3v) is 4.46. The van der Waals surface area contributed by atoms with Crippen LogP contribution in [-0.4, -0.2) is 18.2 Å². The van der Waals surface area contributed by atoms with Gasteiger partial charge in [0.15, 0.2) is 0 Å². The average molecular weight is 364 g/mol. The molecule has 136 valence electrons. The molecule has 0 radical (unpaired) electrons. The van der Waals surface area contributed by atoms with E-state index in [9.17, 15) is 14.7 Å². The number of phenolic OH excluding ortho intramolecular Hbond substituents is 1. The molecular formula is C21H16O6. The van der Waals surface area contributed by atoms with Crippen molar-refractivity contribution in [3.05, 3.63) is 52.4 Å². The van der Waals surface area contributed by atoms with Crippen LogP contribution in [0.1, 0.15) is 12.5 Å². The van der Waals surface area contributed by atoms with E-state index in [1.165, 1.54) is 20.1 Å². The highest BCUT2D eigenvalue weighted by Crippen LogP contribution is 2.42. The van der Waals surface area contributed by atoms with Crippen LogP contribution >= 0.6 is 0 Å². The van der Waals surface area contributed by atoms with Crippen LogP contribution in [0.2, 0.25) is 0 Å². The first-order valence-corrected chi connectivity index (χ1v) is 8.29. The summed E-state index contributed by atoms with van der Waals surface area (Å²) in [5.74, 6) is 0.0991. The Morgan fingerprint density at radius 3 is 2.52 bits per heavy atom. The lowest BCUT2D eigenvalue weighted by molar-refractivity contribution is -0.131. The maximum Gasteiger partial charge on any atom is 0.344 e. The van der Waals surface area contributed by atoms with Crippen molar-refractivity contribution >= 4 is 38.5 Å². The number of fused-ring (bicyclic) bond motifs is 5. The van der Waals surface area contributed by atoms with Gasteiger partial charge in [0.2, 0.25) is 0 Å². The molecule has 0 spiro atoms. The molecule has 1 N–H and O–H groups in total. The van der Waals surface area contributed by atoms with Gasteiger partial charge in [0.1, 0.15) is 22.8 Å². The average Bonchev–Trinajstić information content (AvgIpc) is 2.62. The Balaban J connectivity index is 2.25. The van der Waals surface area contributed by atoms with Crippen molar-refractivity contribution in [2.24, 2.45) is 0 Å². The van der Waals surface area contributed by atoms with E-state index in [0.717, 1.165) is 5.56 Å². The number of rotatable bonds is 2. The molecule has 0 aliphatic rings. The summed E-state index contributed by atoms with van der Waals surface area (Å²) in [6, 6.07) is 9.96. The molecule has 6 nitrogen and oxygen atoms in total. The number of ether oxygens (including phenoxy) is 2. The van der Waals surface area contributed by atoms with Crippen molar-refractivity contribution in [2.45, 2.75) is 13.8 Å². The molecule has 0 atom stereocenters. The lowest BCUT2D eigenvalue weighted by Gasteiger charge is -2.13. The zero-order chi connectivity index (χ0) is 19.3. The van der Waals surface area contributed by atoms with Gasteiger partial charge in [-0.1, -0.05) is 12.1 Å². The smallest absolute Gasteiger partial charge is 0.344 e. The van der Waals surface area contributed by atoms with E-state index < -0.39 is 11.6 Å². The normalized spacial score (nSPS) is 11.2. The first kappa shape index (κ1) is 16.9. The Morgan fingerprint density at radius 1 is 1.04 bits per heavy atom. The minimum atomic E-state index is -0.515. The van der Waals surface area contributed by atoms with Gasteiger partial charge in [-0.2, -0.15) is 0 Å². The standard InChI is InChI=1S/C21H16O6/c1-10-7-14-18(17(8-10)25-3)13-9-15(23)19-12(20(13)27-21(14)24)5-4-6-16(19)26-11(2)22/h4-9,23H,1-3H3. The van der Waals surface area contributed by atoms with Crippen molar-refractivity contribution in [2.75, 3.05) is 7.11 Å². The fraction of sp³-hybridized carbons (Fsp3) is 0.143. The number of carbonyl (C=O) groups is 1. The molecule has 0 aliphatic heterocycles. The SMILES string of the molecule is COc1cc(C)cc2c(=O)oc3c4cccc(OC(C)=O)c4c(O)cc3c12. The first-order chi connectivity index (χ1) is 12.9. The Morgan fingerprint density at radius 2 is 1.81 bits per heavy atom. The number of carbonyl (C=O) groups excluding carboxylic acids is 1. The van der Waals surface area contributed by atoms with Crippen molar-refractivity contribution in [3.8, 4) is 17.2 Å². The van der Waals surface area contributed by atoms with Crippen LogP contribution in [-0.2, 0) is 4.79 Å². The topological polar surface area (TPSA) is 86.0 Å². The van der Waals surface area contributed by atoms with Crippen LogP contribution < -0.4 is 15.1 Å². The van der Waals surface area contributed by atoms with E-state index in [1.54, 1.807) is 24.3 Å². The van der Waals surface area contributed by atoms with Gasteiger partial charge in [-0.25, -0.2) is 4.79 Å². The Kier molecular flexibility index (Phi) is 3.77. The minimum absolute atomic E-state index is 0.0906. The predicted molar refractivity (Wildman–Crippen MR) is 102 cm³/mol. The molecule has 0 saturated heterocycles. The molecular weight excluding hydrogens is 348 g/mol. The molecule has 27 heavy (non-hydrogen) atoms. The first-order valence-electron chi connectivity index (χ1n) is 8.29. The second-order valence-electron chi connectivity index (χ2n) is 6.32. The number of hydrogen-bond donors (Lipinski definition) is 1. The summed E-state index contributed by atoms with van der Waals surface area (Å²) in [5, 5.41) is 12.9. The number of hydrogen-bond acceptors (Lipinski definition) is 6. The molecule has 6 heteroatoms. The summed E-state index contributed by atoms with van der Waals surface area (Å²) in [4.78, 5) is 24.0. The molecule has 0 saturated carbocycles. The van der Waals surface area contributed by atoms with Gasteiger partial charge in [0.25, 0.3) is 0 Å². The van der Waals surface area contributed by atoms with Crippen molar-refractivity contribution in [3.63, 3.8) is 0 Å². The van der Waals surface area contributed by atoms with Gasteiger partial charge in [-0.15, -0.1) is 0 Å². The van der Waals surface area contributed by atoms with Crippen LogP contribution in [0.25, 0.3) is 32.5 Å². The Hall–Kier alpha value is -3.54. The Labute approximate surface area is 153 Å². The summed E-state index contributed by atoms with van der Waals surface area (Å²) < 4.78 is 16.3. The summed E-state index contributed by atoms with van der Waals surface area (Å²) in [5.41, 5.74) is 0.633. The largest absolute Gasteiger partial charge is 0.507 e. The van der Waals surface area contributed by atoms with Gasteiger partial charge in [0.05, 0.1) is 17.9 Å². The van der Waals surface area contributed by atoms with E-state index in [-0.39, 0.29) is 17.1 Å². The molecule has 1 heterocycles. The monoisotopic (exact) mass is 364 g/mol. The summed E-state index contributed by atoms with van der Waals surface area (Å²) in [7, 11) is 1.52. The molecule has 1 aromatic heterocycles.